The predicted molar refractivity (Wildman–Crippen MR) is 69.2 cm³/mol. The van der Waals surface area contributed by atoms with Crippen molar-refractivity contribution in [2.75, 3.05) is 12.0 Å². The highest BCUT2D eigenvalue weighted by atomic mass is 32.2. The normalized spacial score (nSPS) is 10.1. The monoisotopic (exact) mass is 281 g/mol. The highest BCUT2D eigenvalue weighted by Crippen LogP contribution is 2.34. The Kier molecular flexibility index (Phi) is 3.83. The van der Waals surface area contributed by atoms with E-state index in [4.69, 9.17) is 11.0 Å². The number of nitrogens with zero attached hydrogens (tertiary/aromatic N) is 4. The number of hydrogen-bond donors (Lipinski definition) is 1. The standard InChI is InChI=1S/C9H7N5S3/c1-15-8-13-14-9(17-8)16-7-6(11)2-5(3-10)4-12-7/h2,4H,11H2,1H3. The Morgan fingerprint density at radius 1 is 1.41 bits per heavy atom. The van der Waals surface area contributed by atoms with Crippen LogP contribution in [0.25, 0.3) is 0 Å². The van der Waals surface area contributed by atoms with Gasteiger partial charge in [0.25, 0.3) is 0 Å². The smallest absolute Gasteiger partial charge is 0.181 e. The quantitative estimate of drug-likeness (QED) is 0.863. The van der Waals surface area contributed by atoms with Gasteiger partial charge >= 0.3 is 0 Å². The minimum Gasteiger partial charge on any atom is -0.396 e. The zero-order valence-corrected chi connectivity index (χ0v) is 11.2. The summed E-state index contributed by atoms with van der Waals surface area (Å²) in [7, 11) is 0. The summed E-state index contributed by atoms with van der Waals surface area (Å²) in [6, 6.07) is 3.59. The van der Waals surface area contributed by atoms with E-state index < -0.39 is 0 Å². The van der Waals surface area contributed by atoms with Crippen LogP contribution in [-0.2, 0) is 0 Å². The third-order valence-electron chi connectivity index (χ3n) is 1.75. The molecule has 2 aromatic rings. The van der Waals surface area contributed by atoms with Gasteiger partial charge in [-0.05, 0) is 24.1 Å². The molecule has 2 aromatic heterocycles. The molecule has 0 amide bonds. The zero-order valence-electron chi connectivity index (χ0n) is 8.75. The van der Waals surface area contributed by atoms with Gasteiger partial charge in [-0.1, -0.05) is 23.1 Å². The van der Waals surface area contributed by atoms with Gasteiger partial charge in [0, 0.05) is 6.20 Å². The van der Waals surface area contributed by atoms with Crippen molar-refractivity contribution in [3.63, 3.8) is 0 Å². The lowest BCUT2D eigenvalue weighted by molar-refractivity contribution is 0.953. The van der Waals surface area contributed by atoms with Crippen LogP contribution in [0.2, 0.25) is 0 Å². The van der Waals surface area contributed by atoms with Gasteiger partial charge < -0.3 is 5.73 Å². The molecule has 17 heavy (non-hydrogen) atoms. The molecule has 0 saturated heterocycles. The molecule has 0 atom stereocenters. The Morgan fingerprint density at radius 3 is 2.76 bits per heavy atom. The number of thioether (sulfide) groups is 1. The van der Waals surface area contributed by atoms with Crippen LogP contribution in [0, 0.1) is 11.3 Å². The second-order valence-electron chi connectivity index (χ2n) is 2.87. The molecular weight excluding hydrogens is 274 g/mol. The first-order chi connectivity index (χ1) is 8.22. The van der Waals surface area contributed by atoms with Crippen molar-refractivity contribution in [3.8, 4) is 6.07 Å². The fraction of sp³-hybridized carbons (Fsp3) is 0.111. The van der Waals surface area contributed by atoms with Gasteiger partial charge in [-0.3, -0.25) is 0 Å². The summed E-state index contributed by atoms with van der Waals surface area (Å²) in [6.45, 7) is 0. The third kappa shape index (κ3) is 2.88. The average Bonchev–Trinajstić information content (AvgIpc) is 2.79. The largest absolute Gasteiger partial charge is 0.396 e. The summed E-state index contributed by atoms with van der Waals surface area (Å²) in [5, 5.41) is 17.3. The van der Waals surface area contributed by atoms with Crippen molar-refractivity contribution in [2.24, 2.45) is 0 Å². The number of hydrogen-bond acceptors (Lipinski definition) is 8. The van der Waals surface area contributed by atoms with Crippen molar-refractivity contribution < 1.29 is 0 Å². The zero-order chi connectivity index (χ0) is 12.3. The molecule has 0 aliphatic rings. The fourth-order valence-corrected chi connectivity index (χ4v) is 3.35. The van der Waals surface area contributed by atoms with E-state index >= 15 is 0 Å². The fourth-order valence-electron chi connectivity index (χ4n) is 1.02. The van der Waals surface area contributed by atoms with E-state index in [0.29, 0.717) is 16.3 Å². The molecule has 0 spiro atoms. The topological polar surface area (TPSA) is 88.5 Å². The predicted octanol–water partition coefficient (Wildman–Crippen LogP) is 2.26. The molecule has 2 heterocycles. The summed E-state index contributed by atoms with van der Waals surface area (Å²) in [5.41, 5.74) is 6.74. The average molecular weight is 281 g/mol. The van der Waals surface area contributed by atoms with Crippen LogP contribution in [0.1, 0.15) is 5.56 Å². The molecule has 0 saturated carbocycles. The van der Waals surface area contributed by atoms with E-state index in [2.05, 4.69) is 15.2 Å². The SMILES string of the molecule is CSc1nnc(Sc2ncc(C#N)cc2N)s1. The Hall–Kier alpha value is -1.30. The van der Waals surface area contributed by atoms with Crippen LogP contribution in [-0.4, -0.2) is 21.4 Å². The summed E-state index contributed by atoms with van der Waals surface area (Å²) in [6.07, 6.45) is 3.44. The maximum Gasteiger partial charge on any atom is 0.181 e. The number of nitrogens with two attached hydrogens (primary N) is 1. The molecule has 0 bridgehead atoms. The first-order valence-corrected chi connectivity index (χ1v) is 7.29. The van der Waals surface area contributed by atoms with Gasteiger partial charge in [0.05, 0.1) is 11.3 Å². The van der Waals surface area contributed by atoms with E-state index in [-0.39, 0.29) is 0 Å². The lowest BCUT2D eigenvalue weighted by atomic mass is 10.3. The van der Waals surface area contributed by atoms with Crippen molar-refractivity contribution in [1.82, 2.24) is 15.2 Å². The highest BCUT2D eigenvalue weighted by Gasteiger charge is 2.09. The first-order valence-electron chi connectivity index (χ1n) is 4.44. The number of nitriles is 1. The summed E-state index contributed by atoms with van der Waals surface area (Å²) < 4.78 is 1.69. The van der Waals surface area contributed by atoms with Gasteiger partial charge in [0.2, 0.25) is 0 Å². The second-order valence-corrected chi connectivity index (χ2v) is 6.14. The number of nitrogen functional groups attached to an aromatic ring is 1. The molecule has 0 radical (unpaired) electrons. The Bertz CT molecular complexity index is 574. The molecule has 0 aromatic carbocycles. The van der Waals surface area contributed by atoms with Crippen molar-refractivity contribution in [1.29, 1.82) is 5.26 Å². The number of rotatable bonds is 3. The highest BCUT2D eigenvalue weighted by molar-refractivity contribution is 8.03. The molecule has 86 valence electrons. The van der Waals surface area contributed by atoms with Crippen molar-refractivity contribution in [3.05, 3.63) is 17.8 Å². The van der Waals surface area contributed by atoms with E-state index in [1.54, 1.807) is 17.8 Å². The molecular formula is C9H7N5S3. The van der Waals surface area contributed by atoms with Gasteiger partial charge in [0.1, 0.15) is 11.1 Å². The van der Waals surface area contributed by atoms with Crippen LogP contribution >= 0.6 is 34.9 Å². The third-order valence-corrected chi connectivity index (χ3v) is 4.74. The molecule has 0 aliphatic carbocycles. The Balaban J connectivity index is 2.21. The number of anilines is 1. The lowest BCUT2D eigenvalue weighted by Gasteiger charge is -2.00. The van der Waals surface area contributed by atoms with Crippen molar-refractivity contribution >= 4 is 40.5 Å². The lowest BCUT2D eigenvalue weighted by Crippen LogP contribution is -1.92. The minimum absolute atomic E-state index is 0.453. The molecule has 0 fully saturated rings. The van der Waals surface area contributed by atoms with E-state index in [9.17, 15) is 0 Å². The Morgan fingerprint density at radius 2 is 2.18 bits per heavy atom. The van der Waals surface area contributed by atoms with Crippen LogP contribution in [0.3, 0.4) is 0 Å². The minimum atomic E-state index is 0.453. The van der Waals surface area contributed by atoms with Gasteiger partial charge in [-0.2, -0.15) is 5.26 Å². The van der Waals surface area contributed by atoms with Gasteiger partial charge in [0.15, 0.2) is 8.68 Å². The second kappa shape index (κ2) is 5.35. The molecule has 8 heteroatoms. The van der Waals surface area contributed by atoms with Crippen LogP contribution in [0.4, 0.5) is 5.69 Å². The van der Waals surface area contributed by atoms with Gasteiger partial charge in [-0.15, -0.1) is 10.2 Å². The van der Waals surface area contributed by atoms with Crippen molar-refractivity contribution in [2.45, 2.75) is 13.7 Å². The first kappa shape index (κ1) is 12.2. The van der Waals surface area contributed by atoms with Gasteiger partial charge in [-0.25, -0.2) is 4.98 Å². The molecule has 2 rings (SSSR count). The van der Waals surface area contributed by atoms with Crippen LogP contribution < -0.4 is 5.73 Å². The summed E-state index contributed by atoms with van der Waals surface area (Å²) >= 11 is 4.39. The maximum atomic E-state index is 8.70. The molecule has 2 N–H and O–H groups in total. The number of pyridine rings is 1. The molecule has 0 unspecified atom stereocenters. The van der Waals surface area contributed by atoms with Crippen LogP contribution in [0.15, 0.2) is 26.0 Å². The van der Waals surface area contributed by atoms with Crippen LogP contribution in [0.5, 0.6) is 0 Å². The maximum absolute atomic E-state index is 8.70. The van der Waals surface area contributed by atoms with E-state index in [0.717, 1.165) is 8.68 Å². The Labute approximate surface area is 110 Å². The summed E-state index contributed by atoms with van der Waals surface area (Å²) in [4.78, 5) is 4.13. The number of aromatic nitrogens is 3. The molecule has 0 aliphatic heterocycles. The molecule has 5 nitrogen and oxygen atoms in total. The summed E-state index contributed by atoms with van der Waals surface area (Å²) in [5.74, 6) is 0. The van der Waals surface area contributed by atoms with E-state index in [1.807, 2.05) is 12.3 Å². The van der Waals surface area contributed by atoms with E-state index in [1.165, 1.54) is 29.3 Å².